The Hall–Kier alpha value is -3.55. The Labute approximate surface area is 174 Å². The number of aromatic hydroxyl groups is 3. The van der Waals surface area contributed by atoms with Gasteiger partial charge < -0.3 is 25.1 Å². The minimum absolute atomic E-state index is 0.0475. The molecule has 8 nitrogen and oxygen atoms in total. The maximum atomic E-state index is 12.6. The second-order valence-electron chi connectivity index (χ2n) is 7.33. The summed E-state index contributed by atoms with van der Waals surface area (Å²) in [6, 6.07) is 9.41. The number of hydrogen-bond acceptors (Lipinski definition) is 6. The van der Waals surface area contributed by atoms with Crippen molar-refractivity contribution in [3.63, 3.8) is 0 Å². The van der Waals surface area contributed by atoms with Gasteiger partial charge in [0.05, 0.1) is 0 Å². The summed E-state index contributed by atoms with van der Waals surface area (Å²) in [4.78, 5) is 40.4. The van der Waals surface area contributed by atoms with Crippen molar-refractivity contribution in [1.82, 2.24) is 9.80 Å². The highest BCUT2D eigenvalue weighted by Crippen LogP contribution is 2.35. The first-order valence-corrected chi connectivity index (χ1v) is 9.68. The molecule has 3 N–H and O–H groups in total. The SMILES string of the molecule is Cc1ccc(C(=O)CCC(=O)N2CCN(C(=O)c3cc(O)c(O)c(O)c3)CC2)cc1. The predicted octanol–water partition coefficient (Wildman–Crippen LogP) is 2.06. The van der Waals surface area contributed by atoms with Crippen molar-refractivity contribution in [2.75, 3.05) is 26.2 Å². The summed E-state index contributed by atoms with van der Waals surface area (Å²) in [5.74, 6) is -2.47. The molecule has 0 aromatic heterocycles. The van der Waals surface area contributed by atoms with Gasteiger partial charge in [-0.1, -0.05) is 29.8 Å². The second-order valence-corrected chi connectivity index (χ2v) is 7.33. The van der Waals surface area contributed by atoms with Crippen LogP contribution in [0.25, 0.3) is 0 Å². The fourth-order valence-electron chi connectivity index (χ4n) is 3.33. The number of benzene rings is 2. The summed E-state index contributed by atoms with van der Waals surface area (Å²) in [7, 11) is 0. The molecule has 0 radical (unpaired) electrons. The maximum Gasteiger partial charge on any atom is 0.254 e. The van der Waals surface area contributed by atoms with Crippen LogP contribution in [0.3, 0.4) is 0 Å². The smallest absolute Gasteiger partial charge is 0.254 e. The average Bonchev–Trinajstić information content (AvgIpc) is 2.75. The highest BCUT2D eigenvalue weighted by molar-refractivity contribution is 5.98. The number of phenols is 3. The average molecular weight is 412 g/mol. The molecule has 0 atom stereocenters. The largest absolute Gasteiger partial charge is 0.504 e. The van der Waals surface area contributed by atoms with E-state index in [1.54, 1.807) is 17.0 Å². The van der Waals surface area contributed by atoms with Crippen LogP contribution in [0.4, 0.5) is 0 Å². The Morgan fingerprint density at radius 1 is 0.800 bits per heavy atom. The number of amides is 2. The topological polar surface area (TPSA) is 118 Å². The van der Waals surface area contributed by atoms with Gasteiger partial charge in [0.2, 0.25) is 5.91 Å². The zero-order valence-corrected chi connectivity index (χ0v) is 16.7. The minimum Gasteiger partial charge on any atom is -0.504 e. The van der Waals surface area contributed by atoms with E-state index >= 15 is 0 Å². The van der Waals surface area contributed by atoms with Crippen LogP contribution in [0.5, 0.6) is 17.2 Å². The lowest BCUT2D eigenvalue weighted by Crippen LogP contribution is -2.50. The molecule has 2 aromatic carbocycles. The number of hydrogen-bond donors (Lipinski definition) is 3. The molecule has 2 amide bonds. The van der Waals surface area contributed by atoms with E-state index < -0.39 is 23.2 Å². The number of nitrogens with zero attached hydrogens (tertiary/aromatic N) is 2. The number of ketones is 1. The normalized spacial score (nSPS) is 13.9. The van der Waals surface area contributed by atoms with Gasteiger partial charge in [-0.05, 0) is 19.1 Å². The fraction of sp³-hybridized carbons (Fsp3) is 0.318. The van der Waals surface area contributed by atoms with E-state index in [4.69, 9.17) is 0 Å². The summed E-state index contributed by atoms with van der Waals surface area (Å²) < 4.78 is 0. The molecule has 0 aliphatic carbocycles. The van der Waals surface area contributed by atoms with Gasteiger partial charge in [0.15, 0.2) is 23.0 Å². The lowest BCUT2D eigenvalue weighted by atomic mass is 10.0. The monoisotopic (exact) mass is 412 g/mol. The van der Waals surface area contributed by atoms with Crippen molar-refractivity contribution in [2.24, 2.45) is 0 Å². The number of piperazine rings is 1. The van der Waals surface area contributed by atoms with E-state index in [2.05, 4.69) is 0 Å². The van der Waals surface area contributed by atoms with E-state index in [0.29, 0.717) is 31.7 Å². The summed E-state index contributed by atoms with van der Waals surface area (Å²) in [5, 5.41) is 28.6. The molecule has 0 unspecified atom stereocenters. The van der Waals surface area contributed by atoms with Crippen LogP contribution in [-0.2, 0) is 4.79 Å². The Kier molecular flexibility index (Phi) is 6.25. The summed E-state index contributed by atoms with van der Waals surface area (Å²) in [6.45, 7) is 3.19. The number of aryl methyl sites for hydroxylation is 1. The Balaban J connectivity index is 1.51. The third kappa shape index (κ3) is 4.71. The standard InChI is InChI=1S/C22H24N2O6/c1-14-2-4-15(5-3-14)17(25)6-7-20(28)23-8-10-24(11-9-23)22(30)16-12-18(26)21(29)19(27)13-16/h2-5,12-13,26-27,29H,6-11H2,1H3. The first-order valence-electron chi connectivity index (χ1n) is 9.68. The molecule has 30 heavy (non-hydrogen) atoms. The van der Waals surface area contributed by atoms with Gasteiger partial charge in [0.25, 0.3) is 5.91 Å². The lowest BCUT2D eigenvalue weighted by molar-refractivity contribution is -0.132. The van der Waals surface area contributed by atoms with Crippen molar-refractivity contribution in [2.45, 2.75) is 19.8 Å². The zero-order valence-electron chi connectivity index (χ0n) is 16.7. The van der Waals surface area contributed by atoms with Crippen LogP contribution in [0, 0.1) is 6.92 Å². The van der Waals surface area contributed by atoms with Crippen LogP contribution in [0.15, 0.2) is 36.4 Å². The van der Waals surface area contributed by atoms with E-state index in [1.165, 1.54) is 4.90 Å². The van der Waals surface area contributed by atoms with E-state index in [0.717, 1.165) is 17.7 Å². The molecule has 158 valence electrons. The molecule has 8 heteroatoms. The molecule has 0 bridgehead atoms. The zero-order chi connectivity index (χ0) is 21.8. The lowest BCUT2D eigenvalue weighted by Gasteiger charge is -2.35. The molecule has 1 heterocycles. The number of carbonyl (C=O) groups is 3. The van der Waals surface area contributed by atoms with Crippen molar-refractivity contribution >= 4 is 17.6 Å². The van der Waals surface area contributed by atoms with Crippen molar-refractivity contribution in [1.29, 1.82) is 0 Å². The van der Waals surface area contributed by atoms with Crippen LogP contribution in [0.1, 0.15) is 39.1 Å². The molecule has 2 aromatic rings. The van der Waals surface area contributed by atoms with E-state index in [1.807, 2.05) is 19.1 Å². The Morgan fingerprint density at radius 3 is 1.90 bits per heavy atom. The number of phenolic OH excluding ortho intramolecular Hbond substituents is 3. The minimum atomic E-state index is -0.679. The quantitative estimate of drug-likeness (QED) is 0.511. The third-order valence-corrected chi connectivity index (χ3v) is 5.18. The number of Topliss-reactive ketones (excluding diaryl/α,β-unsaturated/α-hetero) is 1. The molecule has 1 fully saturated rings. The molecule has 1 aliphatic heterocycles. The van der Waals surface area contributed by atoms with Gasteiger partial charge in [0.1, 0.15) is 0 Å². The molecular formula is C22H24N2O6. The van der Waals surface area contributed by atoms with Crippen molar-refractivity contribution in [3.05, 3.63) is 53.1 Å². The summed E-state index contributed by atoms with van der Waals surface area (Å²) in [5.41, 5.74) is 1.70. The molecule has 0 spiro atoms. The molecule has 1 saturated heterocycles. The van der Waals surface area contributed by atoms with Crippen molar-refractivity contribution in [3.8, 4) is 17.2 Å². The highest BCUT2D eigenvalue weighted by atomic mass is 16.3. The van der Waals surface area contributed by atoms with Crippen LogP contribution in [-0.4, -0.2) is 68.9 Å². The first-order chi connectivity index (χ1) is 14.3. The number of rotatable bonds is 5. The van der Waals surface area contributed by atoms with Gasteiger partial charge in [-0.3, -0.25) is 14.4 Å². The summed E-state index contributed by atoms with van der Waals surface area (Å²) >= 11 is 0. The Morgan fingerprint density at radius 2 is 1.33 bits per heavy atom. The summed E-state index contributed by atoms with van der Waals surface area (Å²) in [6.07, 6.45) is 0.244. The van der Waals surface area contributed by atoms with Crippen LogP contribution in [0.2, 0.25) is 0 Å². The second kappa shape index (κ2) is 8.86. The number of carbonyl (C=O) groups excluding carboxylic acids is 3. The van der Waals surface area contributed by atoms with E-state index in [9.17, 15) is 29.7 Å². The van der Waals surface area contributed by atoms with Crippen LogP contribution < -0.4 is 0 Å². The van der Waals surface area contributed by atoms with Crippen LogP contribution >= 0.6 is 0 Å². The van der Waals surface area contributed by atoms with Crippen molar-refractivity contribution < 1.29 is 29.7 Å². The molecule has 1 aliphatic rings. The van der Waals surface area contributed by atoms with Gasteiger partial charge in [-0.2, -0.15) is 0 Å². The maximum absolute atomic E-state index is 12.6. The third-order valence-electron chi connectivity index (χ3n) is 5.18. The Bertz CT molecular complexity index is 939. The molecular weight excluding hydrogens is 388 g/mol. The highest BCUT2D eigenvalue weighted by Gasteiger charge is 2.26. The van der Waals surface area contributed by atoms with Gasteiger partial charge in [0, 0.05) is 50.1 Å². The predicted molar refractivity (Wildman–Crippen MR) is 109 cm³/mol. The van der Waals surface area contributed by atoms with Gasteiger partial charge in [-0.15, -0.1) is 0 Å². The molecule has 0 saturated carbocycles. The van der Waals surface area contributed by atoms with Gasteiger partial charge in [-0.25, -0.2) is 0 Å². The molecule has 3 rings (SSSR count). The van der Waals surface area contributed by atoms with Gasteiger partial charge >= 0.3 is 0 Å². The first kappa shape index (κ1) is 21.2. The fourth-order valence-corrected chi connectivity index (χ4v) is 3.33. The van der Waals surface area contributed by atoms with E-state index in [-0.39, 0.29) is 30.1 Å².